The number of piperazine rings is 1. The molecule has 0 aliphatic carbocycles. The summed E-state index contributed by atoms with van der Waals surface area (Å²) in [7, 11) is 0. The van der Waals surface area contributed by atoms with Gasteiger partial charge in [0.25, 0.3) is 0 Å². The van der Waals surface area contributed by atoms with Crippen LogP contribution in [0.15, 0.2) is 0 Å². The SMILES string of the molecule is [2H]C([2H])([2H])C1([2H])NC([2H])([2H])C([2H])([2H])N(C(=O)OC(C)(C)C)C1([2H])[2H]. The molecule has 1 rings (SSSR count). The number of amides is 1. The number of ether oxygens (including phenoxy) is 1. The van der Waals surface area contributed by atoms with E-state index in [0.717, 1.165) is 0 Å². The van der Waals surface area contributed by atoms with Crippen LogP contribution < -0.4 is 5.32 Å². The van der Waals surface area contributed by atoms with E-state index in [1.165, 1.54) is 20.8 Å². The van der Waals surface area contributed by atoms with Gasteiger partial charge in [-0.15, -0.1) is 0 Å². The summed E-state index contributed by atoms with van der Waals surface area (Å²) in [5, 5.41) is 1.58. The van der Waals surface area contributed by atoms with Gasteiger partial charge in [-0.1, -0.05) is 0 Å². The zero-order chi connectivity index (χ0) is 19.6. The van der Waals surface area contributed by atoms with Gasteiger partial charge in [-0.05, 0) is 27.6 Å². The number of carbonyl (C=O) groups excluding carboxylic acids is 1. The minimum Gasteiger partial charge on any atom is -0.444 e. The van der Waals surface area contributed by atoms with E-state index < -0.39 is 44.1 Å². The zero-order valence-corrected chi connectivity index (χ0v) is 8.26. The van der Waals surface area contributed by atoms with E-state index in [0.29, 0.717) is 0 Å². The molecular weight excluding hydrogens is 180 g/mol. The monoisotopic (exact) mass is 210 g/mol. The summed E-state index contributed by atoms with van der Waals surface area (Å²) in [6.45, 7) is -9.16. The number of rotatable bonds is 0. The van der Waals surface area contributed by atoms with Crippen LogP contribution in [-0.2, 0) is 4.74 Å². The molecule has 82 valence electrons. The lowest BCUT2D eigenvalue weighted by Crippen LogP contribution is -2.52. The van der Waals surface area contributed by atoms with Crippen LogP contribution in [0.4, 0.5) is 4.79 Å². The van der Waals surface area contributed by atoms with E-state index in [2.05, 4.69) is 0 Å². The standard InChI is InChI=1S/C10H20N2O2/c1-8-7-12(6-5-11-8)9(13)14-10(2,3)4/h8,11H,5-7H2,1-4H3/i1D3,5D2,6D2,7D2,8D. The molecule has 1 unspecified atom stereocenters. The Morgan fingerprint density at radius 1 is 1.79 bits per heavy atom. The van der Waals surface area contributed by atoms with Gasteiger partial charge in [0.1, 0.15) is 5.60 Å². The van der Waals surface area contributed by atoms with Gasteiger partial charge >= 0.3 is 6.09 Å². The molecule has 1 N–H and O–H groups in total. The van der Waals surface area contributed by atoms with Gasteiger partial charge in [0.15, 0.2) is 0 Å². The molecule has 0 aromatic heterocycles. The molecule has 1 heterocycles. The smallest absolute Gasteiger partial charge is 0.410 e. The third-order valence-electron chi connectivity index (χ3n) is 1.15. The van der Waals surface area contributed by atoms with E-state index in [-0.39, 0.29) is 4.90 Å². The van der Waals surface area contributed by atoms with Gasteiger partial charge in [0.2, 0.25) is 0 Å². The Kier molecular flexibility index (Phi) is 1.09. The number of hydrogen-bond donors (Lipinski definition) is 1. The highest BCUT2D eigenvalue weighted by molar-refractivity contribution is 5.68. The Balaban J connectivity index is 3.59. The highest BCUT2D eigenvalue weighted by Crippen LogP contribution is 2.11. The molecule has 0 saturated carbocycles. The van der Waals surface area contributed by atoms with Crippen LogP contribution in [0.25, 0.3) is 0 Å². The molecule has 1 amide bonds. The fraction of sp³-hybridized carbons (Fsp3) is 0.900. The van der Waals surface area contributed by atoms with Gasteiger partial charge in [0, 0.05) is 33.7 Å². The molecule has 1 saturated heterocycles. The minimum atomic E-state index is -3.45. The van der Waals surface area contributed by atoms with E-state index in [1.807, 2.05) is 0 Å². The van der Waals surface area contributed by atoms with Crippen molar-refractivity contribution in [1.29, 1.82) is 0 Å². The van der Waals surface area contributed by atoms with Crippen molar-refractivity contribution in [3.8, 4) is 0 Å². The van der Waals surface area contributed by atoms with Crippen LogP contribution in [0.5, 0.6) is 0 Å². The first kappa shape index (κ1) is 3.67. The van der Waals surface area contributed by atoms with Gasteiger partial charge in [-0.25, -0.2) is 4.79 Å². The summed E-state index contributed by atoms with van der Waals surface area (Å²) >= 11 is 0. The van der Waals surface area contributed by atoms with Crippen LogP contribution in [0.1, 0.15) is 41.3 Å². The van der Waals surface area contributed by atoms with E-state index in [1.54, 1.807) is 5.32 Å². The normalized spacial score (nSPS) is 50.9. The molecule has 1 aliphatic heterocycles. The fourth-order valence-corrected chi connectivity index (χ4v) is 0.713. The fourth-order valence-electron chi connectivity index (χ4n) is 0.713. The molecular formula is C10H20N2O2. The number of nitrogens with one attached hydrogen (secondary N) is 1. The third kappa shape index (κ3) is 3.54. The first-order valence-corrected chi connectivity index (χ1v) is 4.03. The summed E-state index contributed by atoms with van der Waals surface area (Å²) in [4.78, 5) is 12.0. The summed E-state index contributed by atoms with van der Waals surface area (Å²) in [5.41, 5.74) is -1.18. The lowest BCUT2D eigenvalue weighted by Gasteiger charge is -2.33. The number of carbonyl (C=O) groups is 1. The largest absolute Gasteiger partial charge is 0.444 e. The maximum atomic E-state index is 12.3. The van der Waals surface area contributed by atoms with Crippen molar-refractivity contribution in [3.63, 3.8) is 0 Å². The highest BCUT2D eigenvalue weighted by Gasteiger charge is 2.25. The quantitative estimate of drug-likeness (QED) is 0.653. The van der Waals surface area contributed by atoms with Crippen LogP contribution in [0, 0.1) is 0 Å². The van der Waals surface area contributed by atoms with E-state index >= 15 is 0 Å². The molecule has 0 bridgehead atoms. The van der Waals surface area contributed by atoms with Crippen molar-refractivity contribution in [3.05, 3.63) is 0 Å². The maximum Gasteiger partial charge on any atom is 0.410 e. The van der Waals surface area contributed by atoms with Crippen molar-refractivity contribution in [2.24, 2.45) is 0 Å². The lowest BCUT2D eigenvalue weighted by molar-refractivity contribution is 0.0201. The molecule has 14 heavy (non-hydrogen) atoms. The molecule has 0 radical (unpaired) electrons. The highest BCUT2D eigenvalue weighted by atomic mass is 16.6. The summed E-state index contributed by atoms with van der Waals surface area (Å²) in [6, 6.07) is -3.33. The van der Waals surface area contributed by atoms with Crippen molar-refractivity contribution in [1.82, 2.24) is 10.2 Å². The molecule has 1 fully saturated rings. The maximum absolute atomic E-state index is 12.3. The Bertz CT molecular complexity index is 527. The number of hydrogen-bond acceptors (Lipinski definition) is 3. The summed E-state index contributed by atoms with van der Waals surface area (Å²) in [5.74, 6) is 0. The molecule has 0 aromatic rings. The van der Waals surface area contributed by atoms with Crippen LogP contribution in [0.2, 0.25) is 0 Å². The van der Waals surface area contributed by atoms with Crippen LogP contribution >= 0.6 is 0 Å². The molecule has 0 spiro atoms. The predicted octanol–water partition coefficient (Wildman–Crippen LogP) is 1.22. The first-order valence-electron chi connectivity index (χ1n) is 9.03. The Labute approximate surface area is 99.7 Å². The second-order valence-electron chi connectivity index (χ2n) is 3.66. The predicted molar refractivity (Wildman–Crippen MR) is 55.3 cm³/mol. The van der Waals surface area contributed by atoms with Crippen LogP contribution in [-0.4, -0.2) is 42.1 Å². The minimum absolute atomic E-state index is 0.291. The van der Waals surface area contributed by atoms with Gasteiger partial charge < -0.3 is 15.0 Å². The lowest BCUT2D eigenvalue weighted by atomic mass is 10.2. The summed E-state index contributed by atoms with van der Waals surface area (Å²) in [6.07, 6.45) is -1.61. The average Bonchev–Trinajstić information content (AvgIpc) is 2.20. The zero-order valence-electron chi connectivity index (χ0n) is 18.3. The third-order valence-corrected chi connectivity index (χ3v) is 1.15. The molecule has 1 aliphatic rings. The molecule has 1 atom stereocenters. The van der Waals surface area contributed by atoms with Gasteiger partial charge in [0.05, 0.1) is 5.48 Å². The second kappa shape index (κ2) is 4.17. The van der Waals surface area contributed by atoms with Crippen molar-refractivity contribution in [2.45, 2.75) is 39.2 Å². The molecule has 4 nitrogen and oxygen atoms in total. The Morgan fingerprint density at radius 3 is 3.07 bits per heavy atom. The Hall–Kier alpha value is -0.770. The van der Waals surface area contributed by atoms with Crippen molar-refractivity contribution in [2.75, 3.05) is 19.5 Å². The van der Waals surface area contributed by atoms with Crippen LogP contribution in [0.3, 0.4) is 0 Å². The first-order chi connectivity index (χ1) is 10.2. The Morgan fingerprint density at radius 2 is 2.50 bits per heavy atom. The number of nitrogens with zero attached hydrogens (tertiary/aromatic N) is 1. The average molecular weight is 210 g/mol. The topological polar surface area (TPSA) is 41.6 Å². The van der Waals surface area contributed by atoms with Crippen molar-refractivity contribution >= 4 is 6.09 Å². The summed E-state index contributed by atoms with van der Waals surface area (Å²) < 4.78 is 81.8. The molecule has 4 heteroatoms. The van der Waals surface area contributed by atoms with E-state index in [9.17, 15) is 4.79 Å². The van der Waals surface area contributed by atoms with E-state index in [4.69, 9.17) is 18.4 Å². The second-order valence-corrected chi connectivity index (χ2v) is 3.66. The van der Waals surface area contributed by atoms with Gasteiger partial charge in [-0.2, -0.15) is 0 Å². The molecule has 0 aromatic carbocycles. The van der Waals surface area contributed by atoms with Crippen molar-refractivity contribution < 1.29 is 23.2 Å². The van der Waals surface area contributed by atoms with Gasteiger partial charge in [-0.3, -0.25) is 0 Å².